The van der Waals surface area contributed by atoms with Crippen LogP contribution < -0.4 is 4.74 Å². The van der Waals surface area contributed by atoms with Gasteiger partial charge in [0.25, 0.3) is 0 Å². The topological polar surface area (TPSA) is 44.3 Å². The molecule has 4 aromatic carbocycles. The summed E-state index contributed by atoms with van der Waals surface area (Å²) in [5, 5.41) is 5.88. The molecule has 0 saturated heterocycles. The van der Waals surface area contributed by atoms with Crippen molar-refractivity contribution in [2.24, 2.45) is 0 Å². The second-order valence-corrected chi connectivity index (χ2v) is 14.1. The number of para-hydroxylation sites is 1. The fraction of sp³-hybridized carbons (Fsp3) is 0.200. The van der Waals surface area contributed by atoms with E-state index in [1.165, 1.54) is 32.8 Å². The number of ether oxygens (including phenoxy) is 1. The van der Waals surface area contributed by atoms with Gasteiger partial charge in [0.2, 0.25) is 0 Å². The number of rotatable bonds is 3. The van der Waals surface area contributed by atoms with Crippen molar-refractivity contribution in [3.8, 4) is 17.3 Å². The minimum atomic E-state index is -0.0443. The summed E-state index contributed by atoms with van der Waals surface area (Å²) in [7, 11) is 0. The van der Waals surface area contributed by atoms with Crippen molar-refractivity contribution in [2.45, 2.75) is 52.4 Å². The highest BCUT2D eigenvalue weighted by Crippen LogP contribution is 2.41. The predicted octanol–water partition coefficient (Wildman–Crippen LogP) is 10.5. The van der Waals surface area contributed by atoms with Gasteiger partial charge < -0.3 is 4.74 Å². The van der Waals surface area contributed by atoms with Gasteiger partial charge in [-0.05, 0) is 81.9 Å². The number of pyridine rings is 2. The summed E-state index contributed by atoms with van der Waals surface area (Å²) in [5.74, 6) is 2.42. The van der Waals surface area contributed by atoms with Crippen LogP contribution in [0.1, 0.15) is 52.7 Å². The molecule has 0 saturated carbocycles. The van der Waals surface area contributed by atoms with E-state index in [1.807, 2.05) is 30.6 Å². The Morgan fingerprint density at radius 2 is 1.31 bits per heavy atom. The molecule has 8 rings (SSSR count). The Bertz CT molecular complexity index is 2420. The van der Waals surface area contributed by atoms with Gasteiger partial charge in [-0.3, -0.25) is 8.97 Å². The standard InChI is InChI=1S/C40H36N4O/c1-39(2,3)25-21-32(40(4,5)6)37-30-17-15-26(23-31(30)38-42-19-20-43(38)35(37)22-25)45-27-14-16-29-28-11-7-8-12-33(28)44(34(29)24-27)36-13-9-10-18-41-36/h7-24H,1-6H3. The average molecular weight is 589 g/mol. The molecule has 222 valence electrons. The lowest BCUT2D eigenvalue weighted by Gasteiger charge is -2.28. The molecule has 0 unspecified atom stereocenters. The molecule has 0 aliphatic carbocycles. The summed E-state index contributed by atoms with van der Waals surface area (Å²) in [4.78, 5) is 9.51. The zero-order chi connectivity index (χ0) is 31.1. The third-order valence-electron chi connectivity index (χ3n) is 8.95. The van der Waals surface area contributed by atoms with Crippen LogP contribution in [0.25, 0.3) is 54.9 Å². The summed E-state index contributed by atoms with van der Waals surface area (Å²) >= 11 is 0. The van der Waals surface area contributed by atoms with Crippen LogP contribution >= 0.6 is 0 Å². The second kappa shape index (κ2) is 9.67. The zero-order valence-corrected chi connectivity index (χ0v) is 26.6. The molecule has 0 spiro atoms. The predicted molar refractivity (Wildman–Crippen MR) is 186 cm³/mol. The maximum absolute atomic E-state index is 6.61. The minimum absolute atomic E-state index is 0.0249. The number of benzene rings is 4. The number of fused-ring (bicyclic) bond motifs is 9. The molecule has 5 heteroatoms. The molecular formula is C40H36N4O. The van der Waals surface area contributed by atoms with Gasteiger partial charge in [0.05, 0.1) is 16.6 Å². The molecule has 0 aliphatic rings. The van der Waals surface area contributed by atoms with Crippen LogP contribution in [0.15, 0.2) is 110 Å². The lowest BCUT2D eigenvalue weighted by Crippen LogP contribution is -2.17. The molecule has 45 heavy (non-hydrogen) atoms. The first kappa shape index (κ1) is 27.4. The Morgan fingerprint density at radius 1 is 0.578 bits per heavy atom. The smallest absolute Gasteiger partial charge is 0.145 e. The van der Waals surface area contributed by atoms with E-state index in [0.717, 1.165) is 44.8 Å². The highest BCUT2D eigenvalue weighted by Gasteiger charge is 2.25. The van der Waals surface area contributed by atoms with Crippen molar-refractivity contribution in [2.75, 3.05) is 0 Å². The fourth-order valence-electron chi connectivity index (χ4n) is 6.69. The average Bonchev–Trinajstić information content (AvgIpc) is 3.64. The van der Waals surface area contributed by atoms with E-state index in [9.17, 15) is 0 Å². The van der Waals surface area contributed by atoms with E-state index in [2.05, 4.69) is 134 Å². The molecule has 0 fully saturated rings. The van der Waals surface area contributed by atoms with E-state index in [1.54, 1.807) is 0 Å². The lowest BCUT2D eigenvalue weighted by atomic mass is 9.78. The normalized spacial score (nSPS) is 12.7. The Balaban J connectivity index is 1.31. The summed E-state index contributed by atoms with van der Waals surface area (Å²) in [6.07, 6.45) is 5.81. The van der Waals surface area contributed by atoms with Crippen molar-refractivity contribution in [1.82, 2.24) is 18.9 Å². The van der Waals surface area contributed by atoms with Gasteiger partial charge in [0.15, 0.2) is 0 Å². The first-order valence-corrected chi connectivity index (χ1v) is 15.6. The van der Waals surface area contributed by atoms with Crippen LogP contribution in [0.3, 0.4) is 0 Å². The largest absolute Gasteiger partial charge is 0.457 e. The third kappa shape index (κ3) is 4.37. The molecular weight excluding hydrogens is 552 g/mol. The molecule has 0 radical (unpaired) electrons. The molecule has 4 aromatic heterocycles. The van der Waals surface area contributed by atoms with Gasteiger partial charge in [-0.25, -0.2) is 9.97 Å². The van der Waals surface area contributed by atoms with Crippen molar-refractivity contribution in [3.05, 3.63) is 121 Å². The monoisotopic (exact) mass is 588 g/mol. The van der Waals surface area contributed by atoms with E-state index < -0.39 is 0 Å². The summed E-state index contributed by atoms with van der Waals surface area (Å²) in [6, 6.07) is 32.0. The zero-order valence-electron chi connectivity index (χ0n) is 26.6. The molecule has 0 bridgehead atoms. The van der Waals surface area contributed by atoms with Gasteiger partial charge in [0.1, 0.15) is 23.0 Å². The highest BCUT2D eigenvalue weighted by atomic mass is 16.5. The van der Waals surface area contributed by atoms with Crippen molar-refractivity contribution < 1.29 is 4.74 Å². The van der Waals surface area contributed by atoms with E-state index in [0.29, 0.717) is 0 Å². The van der Waals surface area contributed by atoms with Gasteiger partial charge in [-0.2, -0.15) is 0 Å². The van der Waals surface area contributed by atoms with Gasteiger partial charge in [-0.15, -0.1) is 0 Å². The molecule has 0 N–H and O–H groups in total. The van der Waals surface area contributed by atoms with Crippen LogP contribution in [0.4, 0.5) is 0 Å². The van der Waals surface area contributed by atoms with Crippen LogP contribution in [0.2, 0.25) is 0 Å². The number of hydrogen-bond acceptors (Lipinski definition) is 3. The lowest BCUT2D eigenvalue weighted by molar-refractivity contribution is 0.484. The van der Waals surface area contributed by atoms with Gasteiger partial charge >= 0.3 is 0 Å². The van der Waals surface area contributed by atoms with Crippen molar-refractivity contribution in [3.63, 3.8) is 0 Å². The molecule has 8 aromatic rings. The maximum atomic E-state index is 6.61. The summed E-state index contributed by atoms with van der Waals surface area (Å²) in [5.41, 5.74) is 6.94. The van der Waals surface area contributed by atoms with Crippen LogP contribution in [-0.2, 0) is 10.8 Å². The van der Waals surface area contributed by atoms with Crippen molar-refractivity contribution in [1.29, 1.82) is 0 Å². The van der Waals surface area contributed by atoms with Crippen molar-refractivity contribution >= 4 is 49.1 Å². The molecule has 4 heterocycles. The first-order chi connectivity index (χ1) is 21.6. The molecule has 0 aliphatic heterocycles. The summed E-state index contributed by atoms with van der Waals surface area (Å²) < 4.78 is 11.1. The van der Waals surface area contributed by atoms with Crippen LogP contribution in [0, 0.1) is 0 Å². The number of nitrogens with zero attached hydrogens (tertiary/aromatic N) is 4. The summed E-state index contributed by atoms with van der Waals surface area (Å²) in [6.45, 7) is 13.7. The second-order valence-electron chi connectivity index (χ2n) is 14.1. The molecule has 0 atom stereocenters. The SMILES string of the molecule is CC(C)(C)c1cc(C(C)(C)C)c2c3ccc(Oc4ccc5c6ccccc6n(-c6ccccn6)c5c4)cc3c3nccn3c2c1. The Morgan fingerprint density at radius 3 is 2.07 bits per heavy atom. The number of hydrogen-bond donors (Lipinski definition) is 0. The molecule has 5 nitrogen and oxygen atoms in total. The molecule has 0 amide bonds. The van der Waals surface area contributed by atoms with E-state index in [4.69, 9.17) is 9.72 Å². The van der Waals surface area contributed by atoms with E-state index >= 15 is 0 Å². The highest BCUT2D eigenvalue weighted by molar-refractivity contribution is 6.14. The Kier molecular flexibility index (Phi) is 5.89. The maximum Gasteiger partial charge on any atom is 0.145 e. The number of aromatic nitrogens is 4. The van der Waals surface area contributed by atoms with Crippen LogP contribution in [-0.4, -0.2) is 18.9 Å². The van der Waals surface area contributed by atoms with E-state index in [-0.39, 0.29) is 10.8 Å². The quantitative estimate of drug-likeness (QED) is 0.193. The Labute approximate surface area is 262 Å². The number of imidazole rings is 1. The third-order valence-corrected chi connectivity index (χ3v) is 8.95. The van der Waals surface area contributed by atoms with Gasteiger partial charge in [-0.1, -0.05) is 71.9 Å². The minimum Gasteiger partial charge on any atom is -0.457 e. The first-order valence-electron chi connectivity index (χ1n) is 15.6. The Hall–Kier alpha value is -5.16. The van der Waals surface area contributed by atoms with Gasteiger partial charge in [0, 0.05) is 46.2 Å². The fourth-order valence-corrected chi connectivity index (χ4v) is 6.69. The van der Waals surface area contributed by atoms with Crippen LogP contribution in [0.5, 0.6) is 11.5 Å².